The Morgan fingerprint density at radius 1 is 0.583 bits per heavy atom. The van der Waals surface area contributed by atoms with Crippen molar-refractivity contribution in [3.63, 3.8) is 0 Å². The summed E-state index contributed by atoms with van der Waals surface area (Å²) < 4.78 is 11.0. The molecule has 0 heterocycles. The third kappa shape index (κ3) is 2.28. The number of hydrogen-bond donors (Lipinski definition) is 0. The first-order valence-corrected chi connectivity index (χ1v) is 7.94. The molecule has 0 aliphatic rings. The molecule has 0 atom stereocenters. The molecule has 0 N–H and O–H groups in total. The summed E-state index contributed by atoms with van der Waals surface area (Å²) in [6.45, 7) is 0. The normalized spacial score (nSPS) is 10.9. The molecule has 0 saturated carbocycles. The van der Waals surface area contributed by atoms with Gasteiger partial charge < -0.3 is 9.47 Å². The fourth-order valence-electron chi connectivity index (χ4n) is 3.28. The van der Waals surface area contributed by atoms with Crippen molar-refractivity contribution in [2.24, 2.45) is 0 Å². The summed E-state index contributed by atoms with van der Waals surface area (Å²) in [7, 11) is 3.35. The molecule has 118 valence electrons. The van der Waals surface area contributed by atoms with Gasteiger partial charge in [-0.05, 0) is 50.9 Å². The fraction of sp³-hybridized carbons (Fsp3) is 0.0909. The van der Waals surface area contributed by atoms with Gasteiger partial charge in [0.05, 0.1) is 14.2 Å². The minimum Gasteiger partial charge on any atom is -0.493 e. The van der Waals surface area contributed by atoms with E-state index in [1.807, 2.05) is 6.07 Å². The second-order valence-corrected chi connectivity index (χ2v) is 5.76. The standard InChI is InChI=1S/C22H18O2/c1-23-21-13-19-17-11-7-6-10-16(17)12-18(15-8-4-3-5-9-15)20(19)14-22(21)24-2/h3-14H,1-2H3. The van der Waals surface area contributed by atoms with Crippen LogP contribution in [0.15, 0.2) is 72.8 Å². The van der Waals surface area contributed by atoms with Crippen molar-refractivity contribution >= 4 is 21.5 Å². The molecule has 2 nitrogen and oxygen atoms in total. The van der Waals surface area contributed by atoms with Gasteiger partial charge in [0.25, 0.3) is 0 Å². The Balaban J connectivity index is 2.17. The van der Waals surface area contributed by atoms with Gasteiger partial charge in [0.1, 0.15) is 0 Å². The van der Waals surface area contributed by atoms with Crippen molar-refractivity contribution < 1.29 is 9.47 Å². The smallest absolute Gasteiger partial charge is 0.161 e. The van der Waals surface area contributed by atoms with E-state index in [0.29, 0.717) is 0 Å². The van der Waals surface area contributed by atoms with Crippen LogP contribution in [0.4, 0.5) is 0 Å². The molecule has 0 spiro atoms. The van der Waals surface area contributed by atoms with Crippen molar-refractivity contribution in [2.75, 3.05) is 14.2 Å². The van der Waals surface area contributed by atoms with E-state index in [0.717, 1.165) is 16.9 Å². The van der Waals surface area contributed by atoms with Crippen LogP contribution in [0.1, 0.15) is 0 Å². The summed E-state index contributed by atoms with van der Waals surface area (Å²) in [4.78, 5) is 0. The quantitative estimate of drug-likeness (QED) is 0.453. The minimum atomic E-state index is 0.748. The van der Waals surface area contributed by atoms with Crippen LogP contribution in [0.2, 0.25) is 0 Å². The second kappa shape index (κ2) is 5.89. The summed E-state index contributed by atoms with van der Waals surface area (Å²) >= 11 is 0. The third-order valence-corrected chi connectivity index (χ3v) is 4.45. The first kappa shape index (κ1) is 14.6. The summed E-state index contributed by atoms with van der Waals surface area (Å²) in [5.41, 5.74) is 2.39. The molecule has 2 heteroatoms. The molecule has 4 rings (SSSR count). The van der Waals surface area contributed by atoms with E-state index in [-0.39, 0.29) is 0 Å². The lowest BCUT2D eigenvalue weighted by atomic mass is 9.93. The Kier molecular flexibility index (Phi) is 3.58. The molecule has 0 radical (unpaired) electrons. The number of hydrogen-bond acceptors (Lipinski definition) is 2. The van der Waals surface area contributed by atoms with Crippen molar-refractivity contribution in [2.45, 2.75) is 0 Å². The van der Waals surface area contributed by atoms with Gasteiger partial charge in [-0.3, -0.25) is 0 Å². The molecule has 0 aliphatic heterocycles. The van der Waals surface area contributed by atoms with Crippen LogP contribution < -0.4 is 9.47 Å². The average molecular weight is 314 g/mol. The molecular formula is C22H18O2. The molecule has 0 fully saturated rings. The largest absolute Gasteiger partial charge is 0.493 e. The van der Waals surface area contributed by atoms with Gasteiger partial charge in [-0.25, -0.2) is 0 Å². The van der Waals surface area contributed by atoms with Gasteiger partial charge in [0.2, 0.25) is 0 Å². The summed E-state index contributed by atoms with van der Waals surface area (Å²) in [5, 5.41) is 4.77. The highest BCUT2D eigenvalue weighted by molar-refractivity contribution is 6.14. The molecule has 4 aromatic carbocycles. The summed E-state index contributed by atoms with van der Waals surface area (Å²) in [5.74, 6) is 1.50. The van der Waals surface area contributed by atoms with Crippen LogP contribution in [0.3, 0.4) is 0 Å². The van der Waals surface area contributed by atoms with Crippen LogP contribution in [-0.4, -0.2) is 14.2 Å². The molecule has 4 aromatic rings. The molecule has 24 heavy (non-hydrogen) atoms. The van der Waals surface area contributed by atoms with Crippen molar-refractivity contribution in [3.05, 3.63) is 72.8 Å². The molecule has 0 aromatic heterocycles. The highest BCUT2D eigenvalue weighted by Gasteiger charge is 2.13. The molecule has 0 saturated heterocycles. The van der Waals surface area contributed by atoms with Crippen molar-refractivity contribution in [1.29, 1.82) is 0 Å². The topological polar surface area (TPSA) is 18.5 Å². The van der Waals surface area contributed by atoms with E-state index in [1.165, 1.54) is 27.3 Å². The van der Waals surface area contributed by atoms with Crippen molar-refractivity contribution in [1.82, 2.24) is 0 Å². The van der Waals surface area contributed by atoms with Crippen LogP contribution in [0.5, 0.6) is 11.5 Å². The Bertz CT molecular complexity index is 1020. The van der Waals surface area contributed by atoms with Gasteiger partial charge in [-0.1, -0.05) is 54.6 Å². The predicted molar refractivity (Wildman–Crippen MR) is 100.0 cm³/mol. The lowest BCUT2D eigenvalue weighted by Crippen LogP contribution is -1.92. The van der Waals surface area contributed by atoms with Gasteiger partial charge in [-0.2, -0.15) is 0 Å². The Hall–Kier alpha value is -3.00. The van der Waals surface area contributed by atoms with E-state index < -0.39 is 0 Å². The lowest BCUT2D eigenvalue weighted by molar-refractivity contribution is 0.356. The van der Waals surface area contributed by atoms with Crippen molar-refractivity contribution in [3.8, 4) is 22.6 Å². The van der Waals surface area contributed by atoms with Gasteiger partial charge >= 0.3 is 0 Å². The second-order valence-electron chi connectivity index (χ2n) is 5.76. The van der Waals surface area contributed by atoms with Gasteiger partial charge in [-0.15, -0.1) is 0 Å². The first-order chi connectivity index (χ1) is 11.8. The first-order valence-electron chi connectivity index (χ1n) is 7.94. The Morgan fingerprint density at radius 2 is 1.21 bits per heavy atom. The highest BCUT2D eigenvalue weighted by Crippen LogP contribution is 2.40. The Morgan fingerprint density at radius 3 is 1.92 bits per heavy atom. The maximum atomic E-state index is 5.52. The number of rotatable bonds is 3. The number of benzene rings is 4. The average Bonchev–Trinajstić information content (AvgIpc) is 2.66. The SMILES string of the molecule is COc1cc2c(-c3ccccc3)cc3ccccc3c2cc1OC. The summed E-state index contributed by atoms with van der Waals surface area (Å²) in [6, 6.07) is 25.3. The highest BCUT2D eigenvalue weighted by atomic mass is 16.5. The molecule has 0 bridgehead atoms. The lowest BCUT2D eigenvalue weighted by Gasteiger charge is -2.15. The zero-order chi connectivity index (χ0) is 16.5. The fourth-order valence-corrected chi connectivity index (χ4v) is 3.28. The summed E-state index contributed by atoms with van der Waals surface area (Å²) in [6.07, 6.45) is 0. The molecule has 0 aliphatic carbocycles. The Labute approximate surface area is 141 Å². The number of ether oxygens (including phenoxy) is 2. The molecular weight excluding hydrogens is 296 g/mol. The van der Waals surface area contributed by atoms with Gasteiger partial charge in [0, 0.05) is 0 Å². The maximum absolute atomic E-state index is 5.52. The van der Waals surface area contributed by atoms with Crippen LogP contribution in [0, 0.1) is 0 Å². The molecule has 0 unspecified atom stereocenters. The number of methoxy groups -OCH3 is 2. The molecule has 0 amide bonds. The van der Waals surface area contributed by atoms with E-state index in [2.05, 4.69) is 66.7 Å². The van der Waals surface area contributed by atoms with E-state index in [9.17, 15) is 0 Å². The van der Waals surface area contributed by atoms with E-state index >= 15 is 0 Å². The maximum Gasteiger partial charge on any atom is 0.161 e. The zero-order valence-corrected chi connectivity index (χ0v) is 13.7. The van der Waals surface area contributed by atoms with Crippen LogP contribution in [0.25, 0.3) is 32.7 Å². The van der Waals surface area contributed by atoms with Crippen LogP contribution >= 0.6 is 0 Å². The number of fused-ring (bicyclic) bond motifs is 3. The van der Waals surface area contributed by atoms with Gasteiger partial charge in [0.15, 0.2) is 11.5 Å². The van der Waals surface area contributed by atoms with E-state index in [1.54, 1.807) is 14.2 Å². The third-order valence-electron chi connectivity index (χ3n) is 4.45. The minimum absolute atomic E-state index is 0.748. The van der Waals surface area contributed by atoms with E-state index in [4.69, 9.17) is 9.47 Å². The van der Waals surface area contributed by atoms with Crippen LogP contribution in [-0.2, 0) is 0 Å². The zero-order valence-electron chi connectivity index (χ0n) is 13.7. The predicted octanol–water partition coefficient (Wildman–Crippen LogP) is 5.68. The monoisotopic (exact) mass is 314 g/mol.